The van der Waals surface area contributed by atoms with Crippen LogP contribution in [-0.4, -0.2) is 45.5 Å². The molecule has 1 saturated carbocycles. The molecule has 2 fully saturated rings. The van der Waals surface area contributed by atoms with Crippen molar-refractivity contribution < 1.29 is 9.53 Å². The van der Waals surface area contributed by atoms with E-state index in [9.17, 15) is 4.79 Å². The van der Waals surface area contributed by atoms with Crippen LogP contribution < -0.4 is 0 Å². The maximum Gasteiger partial charge on any atom is 0.222 e. The van der Waals surface area contributed by atoms with Gasteiger partial charge in [0.25, 0.3) is 0 Å². The van der Waals surface area contributed by atoms with E-state index >= 15 is 0 Å². The zero-order chi connectivity index (χ0) is 18.5. The van der Waals surface area contributed by atoms with Crippen LogP contribution in [0.5, 0.6) is 0 Å². The fraction of sp³-hybridized carbons (Fsp3) is 0.524. The Morgan fingerprint density at radius 2 is 1.93 bits per heavy atom. The number of aromatic nitrogens is 3. The first-order valence-electron chi connectivity index (χ1n) is 9.90. The zero-order valence-electron chi connectivity index (χ0n) is 15.6. The highest BCUT2D eigenvalue weighted by Gasteiger charge is 2.27. The summed E-state index contributed by atoms with van der Waals surface area (Å²) in [7, 11) is 0. The van der Waals surface area contributed by atoms with Gasteiger partial charge in [-0.05, 0) is 18.4 Å². The van der Waals surface area contributed by atoms with Gasteiger partial charge in [0.1, 0.15) is 12.4 Å². The molecule has 2 aromatic heterocycles. The fourth-order valence-electron chi connectivity index (χ4n) is 4.05. The van der Waals surface area contributed by atoms with Gasteiger partial charge in [0.2, 0.25) is 5.91 Å². The molecule has 6 nitrogen and oxygen atoms in total. The molecule has 1 aliphatic heterocycles. The van der Waals surface area contributed by atoms with E-state index in [1.807, 2.05) is 23.2 Å². The van der Waals surface area contributed by atoms with Gasteiger partial charge < -0.3 is 9.64 Å². The van der Waals surface area contributed by atoms with Crippen LogP contribution in [0.1, 0.15) is 50.3 Å². The number of ether oxygens (including phenoxy) is 1. The molecule has 1 saturated heterocycles. The Labute approximate surface area is 160 Å². The molecule has 0 unspecified atom stereocenters. The molecule has 0 N–H and O–H groups in total. The number of amides is 1. The molecular weight excluding hydrogens is 340 g/mol. The van der Waals surface area contributed by atoms with Crippen molar-refractivity contribution in [3.8, 4) is 11.1 Å². The summed E-state index contributed by atoms with van der Waals surface area (Å²) in [6.07, 6.45) is 13.7. The molecule has 4 rings (SSSR count). The smallest absolute Gasteiger partial charge is 0.222 e. The van der Waals surface area contributed by atoms with Crippen LogP contribution in [0.25, 0.3) is 11.1 Å². The predicted octanol–water partition coefficient (Wildman–Crippen LogP) is 3.41. The summed E-state index contributed by atoms with van der Waals surface area (Å²) in [5.41, 5.74) is 2.77. The molecule has 1 aliphatic carbocycles. The average molecular weight is 366 g/mol. The molecule has 2 aliphatic rings. The number of hydrogen-bond acceptors (Lipinski definition) is 5. The summed E-state index contributed by atoms with van der Waals surface area (Å²) in [6, 6.07) is 3.98. The van der Waals surface area contributed by atoms with Crippen molar-refractivity contribution in [2.45, 2.75) is 44.6 Å². The standard InChI is InChI=1S/C21H26N4O2/c26-21(8-5-16-3-1-2-4-16)25-9-10-27-20(14-25)19-7-6-17(13-24-19)18-11-22-15-23-12-18/h6-7,11-13,15-16,20H,1-5,8-10,14H2/t20-/m1/s1. The number of carbonyl (C=O) groups excluding carboxylic acids is 1. The van der Waals surface area contributed by atoms with Gasteiger partial charge in [-0.2, -0.15) is 0 Å². The van der Waals surface area contributed by atoms with Crippen LogP contribution in [0.2, 0.25) is 0 Å². The summed E-state index contributed by atoms with van der Waals surface area (Å²) in [5, 5.41) is 0. The summed E-state index contributed by atoms with van der Waals surface area (Å²) < 4.78 is 5.89. The van der Waals surface area contributed by atoms with Crippen molar-refractivity contribution >= 4 is 5.91 Å². The van der Waals surface area contributed by atoms with Gasteiger partial charge in [0.15, 0.2) is 0 Å². The van der Waals surface area contributed by atoms with Crippen LogP contribution in [0, 0.1) is 5.92 Å². The van der Waals surface area contributed by atoms with Gasteiger partial charge in [0.05, 0.1) is 18.8 Å². The largest absolute Gasteiger partial charge is 0.368 e. The Hall–Kier alpha value is -2.34. The Morgan fingerprint density at radius 3 is 2.67 bits per heavy atom. The van der Waals surface area contributed by atoms with Crippen LogP contribution in [0.4, 0.5) is 0 Å². The molecule has 6 heteroatoms. The van der Waals surface area contributed by atoms with Gasteiger partial charge in [-0.3, -0.25) is 9.78 Å². The van der Waals surface area contributed by atoms with Crippen molar-refractivity contribution in [2.24, 2.45) is 5.92 Å². The van der Waals surface area contributed by atoms with Crippen molar-refractivity contribution in [1.29, 1.82) is 0 Å². The van der Waals surface area contributed by atoms with E-state index < -0.39 is 0 Å². The number of morpholine rings is 1. The number of carbonyl (C=O) groups is 1. The molecule has 0 radical (unpaired) electrons. The van der Waals surface area contributed by atoms with E-state index in [-0.39, 0.29) is 12.0 Å². The second-order valence-corrected chi connectivity index (χ2v) is 7.49. The summed E-state index contributed by atoms with van der Waals surface area (Å²) in [5.74, 6) is 1.01. The second kappa shape index (κ2) is 8.57. The molecule has 0 spiro atoms. The van der Waals surface area contributed by atoms with E-state index in [0.29, 0.717) is 26.1 Å². The molecule has 1 atom stereocenters. The van der Waals surface area contributed by atoms with Crippen molar-refractivity contribution in [3.63, 3.8) is 0 Å². The lowest BCUT2D eigenvalue weighted by atomic mass is 10.0. The summed E-state index contributed by atoms with van der Waals surface area (Å²) >= 11 is 0. The third-order valence-electron chi connectivity index (χ3n) is 5.67. The first kappa shape index (κ1) is 18.0. The number of hydrogen-bond donors (Lipinski definition) is 0. The molecule has 0 aromatic carbocycles. The number of rotatable bonds is 5. The van der Waals surface area contributed by atoms with Crippen LogP contribution >= 0.6 is 0 Å². The minimum atomic E-state index is -0.157. The second-order valence-electron chi connectivity index (χ2n) is 7.49. The average Bonchev–Trinajstić information content (AvgIpc) is 3.27. The molecule has 0 bridgehead atoms. The molecular formula is C21H26N4O2. The highest BCUT2D eigenvalue weighted by molar-refractivity contribution is 5.76. The predicted molar refractivity (Wildman–Crippen MR) is 102 cm³/mol. The minimum absolute atomic E-state index is 0.157. The molecule has 1 amide bonds. The lowest BCUT2D eigenvalue weighted by Crippen LogP contribution is -2.42. The third-order valence-corrected chi connectivity index (χ3v) is 5.67. The van der Waals surface area contributed by atoms with Gasteiger partial charge in [-0.15, -0.1) is 0 Å². The van der Waals surface area contributed by atoms with Gasteiger partial charge in [-0.1, -0.05) is 31.7 Å². The van der Waals surface area contributed by atoms with E-state index in [2.05, 4.69) is 15.0 Å². The Balaban J connectivity index is 1.35. The lowest BCUT2D eigenvalue weighted by molar-refractivity contribution is -0.139. The van der Waals surface area contributed by atoms with Crippen molar-refractivity contribution in [3.05, 3.63) is 42.7 Å². The lowest BCUT2D eigenvalue weighted by Gasteiger charge is -2.33. The number of pyridine rings is 1. The Bertz CT molecular complexity index is 745. The van der Waals surface area contributed by atoms with Crippen LogP contribution in [0.15, 0.2) is 37.1 Å². The molecule has 27 heavy (non-hydrogen) atoms. The Kier molecular flexibility index (Phi) is 5.72. The van der Waals surface area contributed by atoms with Crippen molar-refractivity contribution in [1.82, 2.24) is 19.9 Å². The SMILES string of the molecule is O=C(CCC1CCCC1)N1CCO[C@@H](c2ccc(-c3cncnc3)cn2)C1. The maximum absolute atomic E-state index is 12.6. The van der Waals surface area contributed by atoms with Crippen molar-refractivity contribution in [2.75, 3.05) is 19.7 Å². The monoisotopic (exact) mass is 366 g/mol. The van der Waals surface area contributed by atoms with E-state index in [1.54, 1.807) is 12.4 Å². The third kappa shape index (κ3) is 4.50. The molecule has 3 heterocycles. The normalized spacial score (nSPS) is 20.7. The van der Waals surface area contributed by atoms with E-state index in [1.165, 1.54) is 32.0 Å². The molecule has 142 valence electrons. The highest BCUT2D eigenvalue weighted by Crippen LogP contribution is 2.29. The number of nitrogens with zero attached hydrogens (tertiary/aromatic N) is 4. The fourth-order valence-corrected chi connectivity index (χ4v) is 4.05. The molecule has 2 aromatic rings. The van der Waals surface area contributed by atoms with Crippen LogP contribution in [-0.2, 0) is 9.53 Å². The quantitative estimate of drug-likeness (QED) is 0.811. The first-order valence-corrected chi connectivity index (χ1v) is 9.90. The minimum Gasteiger partial charge on any atom is -0.368 e. The van der Waals surface area contributed by atoms with Gasteiger partial charge in [0, 0.05) is 42.7 Å². The van der Waals surface area contributed by atoms with Crippen LogP contribution in [0.3, 0.4) is 0 Å². The van der Waals surface area contributed by atoms with E-state index in [0.717, 1.165) is 29.2 Å². The maximum atomic E-state index is 12.6. The highest BCUT2D eigenvalue weighted by atomic mass is 16.5. The first-order chi connectivity index (χ1) is 13.3. The summed E-state index contributed by atoms with van der Waals surface area (Å²) in [4.78, 5) is 27.2. The van der Waals surface area contributed by atoms with Gasteiger partial charge in [-0.25, -0.2) is 9.97 Å². The van der Waals surface area contributed by atoms with Gasteiger partial charge >= 0.3 is 0 Å². The Morgan fingerprint density at radius 1 is 1.11 bits per heavy atom. The zero-order valence-corrected chi connectivity index (χ0v) is 15.6. The van der Waals surface area contributed by atoms with E-state index in [4.69, 9.17) is 4.74 Å². The summed E-state index contributed by atoms with van der Waals surface area (Å²) in [6.45, 7) is 1.83. The topological polar surface area (TPSA) is 68.2 Å².